The van der Waals surface area contributed by atoms with Gasteiger partial charge in [0, 0.05) is 20.6 Å². The van der Waals surface area contributed by atoms with Gasteiger partial charge in [0.25, 0.3) is 0 Å². The maximum absolute atomic E-state index is 4.53. The van der Waals surface area contributed by atoms with Gasteiger partial charge in [-0.15, -0.1) is 0 Å². The molecule has 0 atom stereocenters. The predicted molar refractivity (Wildman–Crippen MR) is 79.8 cm³/mol. The number of nitrogens with zero attached hydrogens (tertiary/aromatic N) is 4. The maximum atomic E-state index is 4.53. The van der Waals surface area contributed by atoms with Gasteiger partial charge in [-0.2, -0.15) is 15.1 Å². The van der Waals surface area contributed by atoms with Gasteiger partial charge in [-0.05, 0) is 5.56 Å². The molecular weight excluding hydrogens is 252 g/mol. The first-order valence-electron chi connectivity index (χ1n) is 6.42. The monoisotopic (exact) mass is 268 g/mol. The molecule has 0 fully saturated rings. The van der Waals surface area contributed by atoms with Crippen LogP contribution >= 0.6 is 0 Å². The molecule has 0 saturated carbocycles. The van der Waals surface area contributed by atoms with E-state index in [0.29, 0.717) is 5.95 Å². The number of H-pyrrole nitrogens is 1. The summed E-state index contributed by atoms with van der Waals surface area (Å²) in [6.07, 6.45) is 1.76. The van der Waals surface area contributed by atoms with Crippen LogP contribution in [0.2, 0.25) is 0 Å². The number of hydrogen-bond donors (Lipinski definition) is 2. The molecule has 0 saturated heterocycles. The van der Waals surface area contributed by atoms with Crippen molar-refractivity contribution in [2.45, 2.75) is 6.54 Å². The standard InChI is InChI=1S/C14H16N6/c1-15-14-17-12-11(8-16-19-12)13(18-14)20(2)9-10-6-4-3-5-7-10/h3-8H,9H2,1-2H3,(H2,15,16,17,18,19). The van der Waals surface area contributed by atoms with Crippen LogP contribution in [0.1, 0.15) is 5.56 Å². The molecule has 0 amide bonds. The summed E-state index contributed by atoms with van der Waals surface area (Å²) < 4.78 is 0. The normalized spacial score (nSPS) is 10.7. The fourth-order valence-electron chi connectivity index (χ4n) is 2.15. The second-order valence-corrected chi connectivity index (χ2v) is 4.59. The molecule has 0 radical (unpaired) electrons. The van der Waals surface area contributed by atoms with Crippen molar-refractivity contribution in [2.24, 2.45) is 0 Å². The Balaban J connectivity index is 1.98. The fraction of sp³-hybridized carbons (Fsp3) is 0.214. The lowest BCUT2D eigenvalue weighted by atomic mass is 10.2. The molecule has 0 unspecified atom stereocenters. The smallest absolute Gasteiger partial charge is 0.226 e. The van der Waals surface area contributed by atoms with Gasteiger partial charge in [0.15, 0.2) is 5.65 Å². The molecule has 0 spiro atoms. The summed E-state index contributed by atoms with van der Waals surface area (Å²) in [6, 6.07) is 10.3. The Labute approximate surface area is 116 Å². The second kappa shape index (κ2) is 5.16. The van der Waals surface area contributed by atoms with Crippen LogP contribution in [0.15, 0.2) is 36.5 Å². The van der Waals surface area contributed by atoms with Crippen molar-refractivity contribution >= 4 is 22.8 Å². The molecule has 1 aromatic carbocycles. The van der Waals surface area contributed by atoms with Crippen molar-refractivity contribution < 1.29 is 0 Å². The van der Waals surface area contributed by atoms with Gasteiger partial charge < -0.3 is 10.2 Å². The summed E-state index contributed by atoms with van der Waals surface area (Å²) in [7, 11) is 3.82. The topological polar surface area (TPSA) is 69.7 Å². The van der Waals surface area contributed by atoms with Gasteiger partial charge in [-0.25, -0.2) is 0 Å². The van der Waals surface area contributed by atoms with E-state index in [1.165, 1.54) is 5.56 Å². The molecule has 20 heavy (non-hydrogen) atoms. The zero-order valence-corrected chi connectivity index (χ0v) is 11.5. The van der Waals surface area contributed by atoms with E-state index in [9.17, 15) is 0 Å². The van der Waals surface area contributed by atoms with E-state index in [4.69, 9.17) is 0 Å². The maximum Gasteiger partial charge on any atom is 0.226 e. The van der Waals surface area contributed by atoms with Gasteiger partial charge in [0.1, 0.15) is 5.82 Å². The summed E-state index contributed by atoms with van der Waals surface area (Å²) >= 11 is 0. The summed E-state index contributed by atoms with van der Waals surface area (Å²) in [5.41, 5.74) is 1.97. The molecule has 3 rings (SSSR count). The quantitative estimate of drug-likeness (QED) is 0.757. The van der Waals surface area contributed by atoms with Crippen LogP contribution in [0.4, 0.5) is 11.8 Å². The van der Waals surface area contributed by atoms with Crippen LogP contribution in [0.5, 0.6) is 0 Å². The zero-order chi connectivity index (χ0) is 13.9. The van der Waals surface area contributed by atoms with E-state index in [-0.39, 0.29) is 0 Å². The predicted octanol–water partition coefficient (Wildman–Crippen LogP) is 2.03. The molecule has 3 aromatic rings. The van der Waals surface area contributed by atoms with E-state index in [0.717, 1.165) is 23.4 Å². The average Bonchev–Trinajstić information content (AvgIpc) is 2.95. The van der Waals surface area contributed by atoms with Crippen LogP contribution in [0.3, 0.4) is 0 Å². The Kier molecular flexibility index (Phi) is 3.20. The number of fused-ring (bicyclic) bond motifs is 1. The Morgan fingerprint density at radius 2 is 2.00 bits per heavy atom. The highest BCUT2D eigenvalue weighted by atomic mass is 15.2. The molecule has 2 heterocycles. The van der Waals surface area contributed by atoms with Crippen molar-refractivity contribution in [1.82, 2.24) is 20.2 Å². The SMILES string of the molecule is CNc1nc(N(C)Cc2ccccc2)c2cn[nH]c2n1. The van der Waals surface area contributed by atoms with Crippen LogP contribution in [0.25, 0.3) is 11.0 Å². The third-order valence-corrected chi connectivity index (χ3v) is 3.14. The summed E-state index contributed by atoms with van der Waals surface area (Å²) in [5, 5.41) is 10.8. The molecule has 0 aliphatic heterocycles. The van der Waals surface area contributed by atoms with Crippen molar-refractivity contribution in [3.63, 3.8) is 0 Å². The van der Waals surface area contributed by atoms with E-state index in [1.54, 1.807) is 13.2 Å². The molecule has 6 nitrogen and oxygen atoms in total. The van der Waals surface area contributed by atoms with Gasteiger partial charge in [0.05, 0.1) is 11.6 Å². The van der Waals surface area contributed by atoms with Gasteiger partial charge in [-0.1, -0.05) is 30.3 Å². The third kappa shape index (κ3) is 2.27. The number of aromatic nitrogens is 4. The fourth-order valence-corrected chi connectivity index (χ4v) is 2.15. The lowest BCUT2D eigenvalue weighted by Crippen LogP contribution is -2.18. The van der Waals surface area contributed by atoms with Crippen LogP contribution in [-0.4, -0.2) is 34.3 Å². The molecule has 0 aliphatic carbocycles. The summed E-state index contributed by atoms with van der Waals surface area (Å²) in [5.74, 6) is 1.44. The average molecular weight is 268 g/mol. The largest absolute Gasteiger partial charge is 0.357 e. The van der Waals surface area contributed by atoms with Gasteiger partial charge in [-0.3, -0.25) is 5.10 Å². The van der Waals surface area contributed by atoms with E-state index >= 15 is 0 Å². The first-order chi connectivity index (χ1) is 9.78. The number of aromatic amines is 1. The number of hydrogen-bond acceptors (Lipinski definition) is 5. The van der Waals surface area contributed by atoms with Crippen molar-refractivity contribution in [3.8, 4) is 0 Å². The Hall–Kier alpha value is -2.63. The van der Waals surface area contributed by atoms with E-state index in [1.807, 2.05) is 25.2 Å². The minimum Gasteiger partial charge on any atom is -0.357 e. The van der Waals surface area contributed by atoms with Crippen molar-refractivity contribution in [2.75, 3.05) is 24.3 Å². The minimum atomic E-state index is 0.580. The lowest BCUT2D eigenvalue weighted by molar-refractivity contribution is 0.901. The number of anilines is 2. The summed E-state index contributed by atoms with van der Waals surface area (Å²) in [4.78, 5) is 11.0. The molecule has 0 aliphatic rings. The molecule has 6 heteroatoms. The van der Waals surface area contributed by atoms with Crippen LogP contribution in [-0.2, 0) is 6.54 Å². The third-order valence-electron chi connectivity index (χ3n) is 3.14. The molecule has 2 N–H and O–H groups in total. The summed E-state index contributed by atoms with van der Waals surface area (Å²) in [6.45, 7) is 0.779. The second-order valence-electron chi connectivity index (χ2n) is 4.59. The van der Waals surface area contributed by atoms with Crippen LogP contribution in [0, 0.1) is 0 Å². The van der Waals surface area contributed by atoms with E-state index < -0.39 is 0 Å². The molecule has 102 valence electrons. The highest BCUT2D eigenvalue weighted by molar-refractivity contribution is 5.87. The first-order valence-corrected chi connectivity index (χ1v) is 6.42. The molecular formula is C14H16N6. The van der Waals surface area contributed by atoms with Crippen molar-refractivity contribution in [3.05, 3.63) is 42.1 Å². The highest BCUT2D eigenvalue weighted by Crippen LogP contribution is 2.23. The zero-order valence-electron chi connectivity index (χ0n) is 11.5. The highest BCUT2D eigenvalue weighted by Gasteiger charge is 2.13. The minimum absolute atomic E-state index is 0.580. The number of nitrogens with one attached hydrogen (secondary N) is 2. The van der Waals surface area contributed by atoms with Gasteiger partial charge in [0.2, 0.25) is 5.95 Å². The Morgan fingerprint density at radius 3 is 2.75 bits per heavy atom. The lowest BCUT2D eigenvalue weighted by Gasteiger charge is -2.19. The number of rotatable bonds is 4. The molecule has 0 bridgehead atoms. The van der Waals surface area contributed by atoms with Crippen LogP contribution < -0.4 is 10.2 Å². The van der Waals surface area contributed by atoms with Gasteiger partial charge >= 0.3 is 0 Å². The Morgan fingerprint density at radius 1 is 1.20 bits per heavy atom. The Bertz CT molecular complexity index is 706. The van der Waals surface area contributed by atoms with Crippen molar-refractivity contribution in [1.29, 1.82) is 0 Å². The van der Waals surface area contributed by atoms with E-state index in [2.05, 4.69) is 42.5 Å². The molecule has 2 aromatic heterocycles. The number of benzene rings is 1. The first kappa shape index (κ1) is 12.4.